The van der Waals surface area contributed by atoms with Crippen LogP contribution in [-0.4, -0.2) is 36.9 Å². The zero-order chi connectivity index (χ0) is 18.3. The molecule has 1 aliphatic carbocycles. The maximum absolute atomic E-state index is 12.7. The Hall–Kier alpha value is -3.00. The molecule has 1 amide bonds. The molecule has 1 unspecified atom stereocenters. The number of para-hydroxylation sites is 2. The molecule has 2 aromatic heterocycles. The molecule has 26 heavy (non-hydrogen) atoms. The van der Waals surface area contributed by atoms with Crippen LogP contribution in [0, 0.1) is 5.92 Å². The largest absolute Gasteiger partial charge is 0.393 e. The van der Waals surface area contributed by atoms with Gasteiger partial charge in [0.1, 0.15) is 0 Å². The number of aryl methyl sites for hydroxylation is 1. The number of carbonyl (C=O) groups is 1. The third-order valence-corrected chi connectivity index (χ3v) is 4.81. The van der Waals surface area contributed by atoms with Gasteiger partial charge in [0.15, 0.2) is 5.69 Å². The average Bonchev–Trinajstić information content (AvgIpc) is 3.02. The number of amides is 1. The lowest BCUT2D eigenvalue weighted by atomic mass is 9.75. The summed E-state index contributed by atoms with van der Waals surface area (Å²) in [5.74, 6) is -0.440. The molecular weight excluding hydrogens is 334 g/mol. The molecule has 1 aromatic carbocycles. The second-order valence-electron chi connectivity index (χ2n) is 6.72. The smallest absolute Gasteiger partial charge is 0.280 e. The van der Waals surface area contributed by atoms with Gasteiger partial charge < -0.3 is 15.4 Å². The molecule has 8 heteroatoms. The van der Waals surface area contributed by atoms with Crippen molar-refractivity contribution in [3.63, 3.8) is 0 Å². The van der Waals surface area contributed by atoms with Gasteiger partial charge in [-0.3, -0.25) is 14.3 Å². The third-order valence-electron chi connectivity index (χ3n) is 4.81. The summed E-state index contributed by atoms with van der Waals surface area (Å²) in [7, 11) is 1.80. The topological polar surface area (TPSA) is 113 Å². The molecule has 1 atom stereocenters. The van der Waals surface area contributed by atoms with Gasteiger partial charge in [-0.15, -0.1) is 0 Å². The Kier molecular flexibility index (Phi) is 4.04. The van der Waals surface area contributed by atoms with Crippen molar-refractivity contribution in [3.8, 4) is 0 Å². The van der Waals surface area contributed by atoms with Gasteiger partial charge in [-0.2, -0.15) is 5.10 Å². The number of aliphatic hydroxyl groups excluding tert-OH is 1. The standard InChI is InChI=1S/C18H19N5O3/c1-23-9-11(8-19-23)15(10-6-12(24)7-10)22-18(26)16-17(25)21-14-5-3-2-4-13(14)20-16/h2-5,8-10,12,15,24H,6-7H2,1H3,(H,21,25)(H,22,26). The van der Waals surface area contributed by atoms with Crippen molar-refractivity contribution < 1.29 is 9.90 Å². The van der Waals surface area contributed by atoms with Gasteiger partial charge in [0, 0.05) is 18.8 Å². The average molecular weight is 353 g/mol. The van der Waals surface area contributed by atoms with E-state index in [1.54, 1.807) is 42.2 Å². The molecule has 3 aromatic rings. The van der Waals surface area contributed by atoms with Crippen molar-refractivity contribution in [3.05, 3.63) is 58.3 Å². The van der Waals surface area contributed by atoms with Gasteiger partial charge in [-0.25, -0.2) is 4.98 Å². The van der Waals surface area contributed by atoms with E-state index < -0.39 is 11.5 Å². The van der Waals surface area contributed by atoms with Gasteiger partial charge in [0.05, 0.1) is 29.4 Å². The molecule has 1 aliphatic rings. The highest BCUT2D eigenvalue weighted by Crippen LogP contribution is 2.38. The minimum atomic E-state index is -0.535. The molecular formula is C18H19N5O3. The van der Waals surface area contributed by atoms with E-state index >= 15 is 0 Å². The molecule has 0 bridgehead atoms. The fraction of sp³-hybridized carbons (Fsp3) is 0.333. The van der Waals surface area contributed by atoms with E-state index in [0.29, 0.717) is 23.9 Å². The highest BCUT2D eigenvalue weighted by atomic mass is 16.3. The van der Waals surface area contributed by atoms with E-state index in [4.69, 9.17) is 0 Å². The first-order valence-corrected chi connectivity index (χ1v) is 8.48. The molecule has 0 spiro atoms. The van der Waals surface area contributed by atoms with Gasteiger partial charge in [0.25, 0.3) is 11.5 Å². The lowest BCUT2D eigenvalue weighted by Gasteiger charge is -2.37. The predicted octanol–water partition coefficient (Wildman–Crippen LogP) is 0.899. The fourth-order valence-corrected chi connectivity index (χ4v) is 3.37. The van der Waals surface area contributed by atoms with Crippen molar-refractivity contribution >= 4 is 16.9 Å². The Morgan fingerprint density at radius 2 is 2.15 bits per heavy atom. The van der Waals surface area contributed by atoms with Crippen LogP contribution in [0.5, 0.6) is 0 Å². The summed E-state index contributed by atoms with van der Waals surface area (Å²) in [5, 5.41) is 16.7. The second-order valence-corrected chi connectivity index (χ2v) is 6.72. The van der Waals surface area contributed by atoms with Crippen LogP contribution in [-0.2, 0) is 7.05 Å². The van der Waals surface area contributed by atoms with Gasteiger partial charge in [-0.05, 0) is 30.9 Å². The van der Waals surface area contributed by atoms with Crippen LogP contribution in [0.2, 0.25) is 0 Å². The van der Waals surface area contributed by atoms with Gasteiger partial charge >= 0.3 is 0 Å². The van der Waals surface area contributed by atoms with Gasteiger partial charge in [-0.1, -0.05) is 12.1 Å². The number of nitrogens with zero attached hydrogens (tertiary/aromatic N) is 3. The Morgan fingerprint density at radius 1 is 1.38 bits per heavy atom. The predicted molar refractivity (Wildman–Crippen MR) is 94.5 cm³/mol. The van der Waals surface area contributed by atoms with E-state index in [1.807, 2.05) is 6.20 Å². The number of hydrogen-bond donors (Lipinski definition) is 3. The Bertz CT molecular complexity index is 1020. The van der Waals surface area contributed by atoms with Crippen molar-refractivity contribution in [1.29, 1.82) is 0 Å². The first kappa shape index (κ1) is 16.5. The monoisotopic (exact) mass is 353 g/mol. The van der Waals surface area contributed by atoms with Crippen molar-refractivity contribution in [2.24, 2.45) is 13.0 Å². The lowest BCUT2D eigenvalue weighted by molar-refractivity contribution is 0.0234. The summed E-state index contributed by atoms with van der Waals surface area (Å²) in [6.07, 6.45) is 4.36. The van der Waals surface area contributed by atoms with E-state index in [2.05, 4.69) is 20.4 Å². The molecule has 0 aliphatic heterocycles. The summed E-state index contributed by atoms with van der Waals surface area (Å²) >= 11 is 0. The van der Waals surface area contributed by atoms with Gasteiger partial charge in [0.2, 0.25) is 0 Å². The minimum Gasteiger partial charge on any atom is -0.393 e. The zero-order valence-corrected chi connectivity index (χ0v) is 14.2. The van der Waals surface area contributed by atoms with E-state index in [1.165, 1.54) is 0 Å². The number of H-pyrrole nitrogens is 1. The number of nitrogens with one attached hydrogen (secondary N) is 2. The van der Waals surface area contributed by atoms with Crippen LogP contribution in [0.1, 0.15) is 34.9 Å². The number of fused-ring (bicyclic) bond motifs is 1. The Labute approximate surface area is 148 Å². The summed E-state index contributed by atoms with van der Waals surface area (Å²) < 4.78 is 1.66. The molecule has 3 N–H and O–H groups in total. The van der Waals surface area contributed by atoms with E-state index in [9.17, 15) is 14.7 Å². The number of carbonyl (C=O) groups excluding carboxylic acids is 1. The van der Waals surface area contributed by atoms with Crippen LogP contribution in [0.3, 0.4) is 0 Å². The van der Waals surface area contributed by atoms with Crippen LogP contribution in [0.25, 0.3) is 11.0 Å². The summed E-state index contributed by atoms with van der Waals surface area (Å²) in [6.45, 7) is 0. The number of benzene rings is 1. The molecule has 4 rings (SSSR count). The molecule has 0 radical (unpaired) electrons. The molecule has 2 heterocycles. The van der Waals surface area contributed by atoms with Crippen molar-refractivity contribution in [2.45, 2.75) is 25.0 Å². The number of aromatic amines is 1. The van der Waals surface area contributed by atoms with Crippen LogP contribution in [0.15, 0.2) is 41.5 Å². The van der Waals surface area contributed by atoms with Crippen LogP contribution >= 0.6 is 0 Å². The van der Waals surface area contributed by atoms with E-state index in [-0.39, 0.29) is 23.8 Å². The quantitative estimate of drug-likeness (QED) is 0.645. The number of aromatic nitrogens is 4. The SMILES string of the molecule is Cn1cc(C(NC(=O)c2nc3ccccc3[nH]c2=O)C2CC(O)C2)cn1. The normalized spacial score (nSPS) is 20.5. The third kappa shape index (κ3) is 2.99. The first-order valence-electron chi connectivity index (χ1n) is 8.48. The number of hydrogen-bond acceptors (Lipinski definition) is 5. The fourth-order valence-electron chi connectivity index (χ4n) is 3.37. The lowest BCUT2D eigenvalue weighted by Crippen LogP contribution is -2.42. The van der Waals surface area contributed by atoms with Crippen molar-refractivity contribution in [2.75, 3.05) is 0 Å². The molecule has 1 saturated carbocycles. The minimum absolute atomic E-state index is 0.0951. The van der Waals surface area contributed by atoms with E-state index in [0.717, 1.165) is 5.56 Å². The summed E-state index contributed by atoms with van der Waals surface area (Å²) in [6, 6.07) is 6.74. The van der Waals surface area contributed by atoms with Crippen molar-refractivity contribution in [1.82, 2.24) is 25.1 Å². The zero-order valence-electron chi connectivity index (χ0n) is 14.2. The Balaban J connectivity index is 1.64. The van der Waals surface area contributed by atoms with Crippen LogP contribution in [0.4, 0.5) is 0 Å². The molecule has 1 fully saturated rings. The van der Waals surface area contributed by atoms with Crippen LogP contribution < -0.4 is 10.9 Å². The summed E-state index contributed by atoms with van der Waals surface area (Å²) in [5.41, 5.74) is 1.28. The molecule has 134 valence electrons. The highest BCUT2D eigenvalue weighted by Gasteiger charge is 2.36. The maximum Gasteiger partial charge on any atom is 0.280 e. The first-order chi connectivity index (χ1) is 12.5. The highest BCUT2D eigenvalue weighted by molar-refractivity contribution is 5.94. The maximum atomic E-state index is 12.7. The molecule has 0 saturated heterocycles. The number of rotatable bonds is 4. The molecule has 8 nitrogen and oxygen atoms in total. The Morgan fingerprint density at radius 3 is 2.85 bits per heavy atom. The second kappa shape index (κ2) is 6.38. The summed E-state index contributed by atoms with van der Waals surface area (Å²) in [4.78, 5) is 31.9. The number of aliphatic hydroxyl groups is 1.